The number of fused-ring (bicyclic) bond motifs is 1. The zero-order chi connectivity index (χ0) is 19.3. The molecule has 0 unspecified atom stereocenters. The number of nitrogens with zero attached hydrogens (tertiary/aromatic N) is 1. The van der Waals surface area contributed by atoms with Crippen LogP contribution < -0.4 is 9.47 Å². The van der Waals surface area contributed by atoms with Gasteiger partial charge in [-0.1, -0.05) is 42.5 Å². The average molecular weight is 392 g/mol. The lowest BCUT2D eigenvalue weighted by Gasteiger charge is -2.20. The van der Waals surface area contributed by atoms with Gasteiger partial charge in [-0.3, -0.25) is 4.90 Å². The fourth-order valence-corrected chi connectivity index (χ4v) is 4.02. The number of ether oxygens (including phenoxy) is 2. The van der Waals surface area contributed by atoms with Gasteiger partial charge in [-0.05, 0) is 47.2 Å². The van der Waals surface area contributed by atoms with Crippen molar-refractivity contribution < 1.29 is 9.47 Å². The minimum absolute atomic E-state index is 0.665. The minimum atomic E-state index is 0.665. The Kier molecular flexibility index (Phi) is 5.89. The standard InChI is InChI=1S/C24H25NO2S/c1-26-23-15-20(19-8-10-22(28-2)11-9-19)14-21-17-25(12-13-27-24(21)23)16-18-6-4-3-5-7-18/h3-11,14-15H,12-13,16-17H2,1-2H3. The van der Waals surface area contributed by atoms with E-state index >= 15 is 0 Å². The average Bonchev–Trinajstić information content (AvgIpc) is 2.95. The molecule has 1 aliphatic heterocycles. The van der Waals surface area contributed by atoms with E-state index in [4.69, 9.17) is 9.47 Å². The molecule has 0 saturated heterocycles. The SMILES string of the molecule is COc1cc(-c2ccc(SC)cc2)cc2c1OCCN(Cc1ccccc1)C2. The van der Waals surface area contributed by atoms with Crippen molar-refractivity contribution >= 4 is 11.8 Å². The van der Waals surface area contributed by atoms with E-state index in [0.717, 1.165) is 36.7 Å². The van der Waals surface area contributed by atoms with Crippen LogP contribution in [0, 0.1) is 0 Å². The van der Waals surface area contributed by atoms with Crippen LogP contribution in [0.3, 0.4) is 0 Å². The van der Waals surface area contributed by atoms with Crippen molar-refractivity contribution in [2.75, 3.05) is 26.5 Å². The molecule has 0 bridgehead atoms. The molecule has 28 heavy (non-hydrogen) atoms. The highest BCUT2D eigenvalue weighted by atomic mass is 32.2. The van der Waals surface area contributed by atoms with E-state index in [1.54, 1.807) is 18.9 Å². The predicted octanol–water partition coefficient (Wildman–Crippen LogP) is 5.48. The second-order valence-corrected chi connectivity index (χ2v) is 7.82. The summed E-state index contributed by atoms with van der Waals surface area (Å²) in [6, 6.07) is 23.6. The summed E-state index contributed by atoms with van der Waals surface area (Å²) in [5.41, 5.74) is 4.85. The minimum Gasteiger partial charge on any atom is -0.493 e. The van der Waals surface area contributed by atoms with Crippen LogP contribution in [0.5, 0.6) is 11.5 Å². The molecular formula is C24H25NO2S. The van der Waals surface area contributed by atoms with E-state index in [1.165, 1.54) is 21.6 Å². The lowest BCUT2D eigenvalue weighted by molar-refractivity contribution is 0.217. The van der Waals surface area contributed by atoms with E-state index < -0.39 is 0 Å². The van der Waals surface area contributed by atoms with Crippen molar-refractivity contribution in [2.24, 2.45) is 0 Å². The zero-order valence-electron chi connectivity index (χ0n) is 16.4. The predicted molar refractivity (Wildman–Crippen MR) is 116 cm³/mol. The molecule has 4 rings (SSSR count). The van der Waals surface area contributed by atoms with Crippen LogP contribution in [-0.4, -0.2) is 31.4 Å². The Bertz CT molecular complexity index is 925. The van der Waals surface area contributed by atoms with Gasteiger partial charge in [0.2, 0.25) is 0 Å². The fraction of sp³-hybridized carbons (Fsp3) is 0.250. The first-order chi connectivity index (χ1) is 13.8. The van der Waals surface area contributed by atoms with Crippen LogP contribution >= 0.6 is 11.8 Å². The van der Waals surface area contributed by atoms with Crippen molar-refractivity contribution in [3.05, 3.63) is 77.9 Å². The van der Waals surface area contributed by atoms with Crippen molar-refractivity contribution in [2.45, 2.75) is 18.0 Å². The molecule has 1 heterocycles. The third kappa shape index (κ3) is 4.18. The maximum absolute atomic E-state index is 6.10. The van der Waals surface area contributed by atoms with Gasteiger partial charge in [-0.2, -0.15) is 0 Å². The Balaban J connectivity index is 1.65. The quantitative estimate of drug-likeness (QED) is 0.537. The molecule has 0 fully saturated rings. The van der Waals surface area contributed by atoms with E-state index in [1.807, 2.05) is 0 Å². The van der Waals surface area contributed by atoms with Crippen LogP contribution in [0.25, 0.3) is 11.1 Å². The van der Waals surface area contributed by atoms with Crippen molar-refractivity contribution in [1.82, 2.24) is 4.90 Å². The first kappa shape index (κ1) is 18.9. The van der Waals surface area contributed by atoms with Crippen LogP contribution in [-0.2, 0) is 13.1 Å². The zero-order valence-corrected chi connectivity index (χ0v) is 17.2. The molecular weight excluding hydrogens is 366 g/mol. The molecule has 0 atom stereocenters. The molecule has 3 aromatic carbocycles. The summed E-state index contributed by atoms with van der Waals surface area (Å²) in [6.45, 7) is 3.32. The van der Waals surface area contributed by atoms with E-state index in [0.29, 0.717) is 6.61 Å². The van der Waals surface area contributed by atoms with Gasteiger partial charge in [-0.25, -0.2) is 0 Å². The van der Waals surface area contributed by atoms with Crippen molar-refractivity contribution in [1.29, 1.82) is 0 Å². The first-order valence-electron chi connectivity index (χ1n) is 9.51. The van der Waals surface area contributed by atoms with Gasteiger partial charge < -0.3 is 9.47 Å². The fourth-order valence-electron chi connectivity index (χ4n) is 3.62. The Morgan fingerprint density at radius 2 is 1.79 bits per heavy atom. The summed E-state index contributed by atoms with van der Waals surface area (Å²) >= 11 is 1.76. The van der Waals surface area contributed by atoms with E-state index in [-0.39, 0.29) is 0 Å². The third-order valence-electron chi connectivity index (χ3n) is 5.07. The van der Waals surface area contributed by atoms with Gasteiger partial charge in [0.25, 0.3) is 0 Å². The van der Waals surface area contributed by atoms with Gasteiger partial charge >= 0.3 is 0 Å². The highest BCUT2D eigenvalue weighted by Crippen LogP contribution is 2.38. The number of hydrogen-bond donors (Lipinski definition) is 0. The van der Waals surface area contributed by atoms with Gasteiger partial charge in [0, 0.05) is 30.1 Å². The summed E-state index contributed by atoms with van der Waals surface area (Å²) in [5.74, 6) is 1.69. The normalized spacial score (nSPS) is 14.1. The van der Waals surface area contributed by atoms with Crippen LogP contribution in [0.2, 0.25) is 0 Å². The van der Waals surface area contributed by atoms with Gasteiger partial charge in [0.15, 0.2) is 11.5 Å². The molecule has 0 radical (unpaired) electrons. The molecule has 4 heteroatoms. The summed E-state index contributed by atoms with van der Waals surface area (Å²) in [5, 5.41) is 0. The second kappa shape index (κ2) is 8.72. The lowest BCUT2D eigenvalue weighted by Crippen LogP contribution is -2.25. The van der Waals surface area contributed by atoms with Gasteiger partial charge in [-0.15, -0.1) is 11.8 Å². The Morgan fingerprint density at radius 3 is 2.50 bits per heavy atom. The number of methoxy groups -OCH3 is 1. The second-order valence-electron chi connectivity index (χ2n) is 6.94. The molecule has 0 amide bonds. The van der Waals surface area contributed by atoms with E-state index in [9.17, 15) is 0 Å². The molecule has 0 saturated carbocycles. The van der Waals surface area contributed by atoms with Crippen LogP contribution in [0.15, 0.2) is 71.6 Å². The molecule has 3 aromatic rings. The largest absolute Gasteiger partial charge is 0.493 e. The van der Waals surface area contributed by atoms with Gasteiger partial charge in [0.1, 0.15) is 6.61 Å². The molecule has 0 N–H and O–H groups in total. The first-order valence-corrected chi connectivity index (χ1v) is 10.7. The highest BCUT2D eigenvalue weighted by Gasteiger charge is 2.20. The summed E-state index contributed by atoms with van der Waals surface area (Å²) in [4.78, 5) is 3.70. The number of thioether (sulfide) groups is 1. The topological polar surface area (TPSA) is 21.7 Å². The number of hydrogen-bond acceptors (Lipinski definition) is 4. The molecule has 3 nitrogen and oxygen atoms in total. The maximum Gasteiger partial charge on any atom is 0.165 e. The molecule has 144 valence electrons. The number of rotatable bonds is 5. The molecule has 0 aromatic heterocycles. The maximum atomic E-state index is 6.10. The van der Waals surface area contributed by atoms with Crippen LogP contribution in [0.4, 0.5) is 0 Å². The third-order valence-corrected chi connectivity index (χ3v) is 5.82. The smallest absolute Gasteiger partial charge is 0.165 e. The Labute approximate surface area is 171 Å². The summed E-state index contributed by atoms with van der Waals surface area (Å²) in [7, 11) is 1.71. The number of benzene rings is 3. The Morgan fingerprint density at radius 1 is 1.00 bits per heavy atom. The highest BCUT2D eigenvalue weighted by molar-refractivity contribution is 7.98. The van der Waals surface area contributed by atoms with Crippen molar-refractivity contribution in [3.63, 3.8) is 0 Å². The lowest BCUT2D eigenvalue weighted by atomic mass is 10.0. The van der Waals surface area contributed by atoms with E-state index in [2.05, 4.69) is 77.9 Å². The Hall–Kier alpha value is -2.43. The molecule has 0 aliphatic carbocycles. The van der Waals surface area contributed by atoms with Crippen molar-refractivity contribution in [3.8, 4) is 22.6 Å². The molecule has 1 aliphatic rings. The summed E-state index contributed by atoms with van der Waals surface area (Å²) in [6.07, 6.45) is 2.10. The molecule has 0 spiro atoms. The monoisotopic (exact) mass is 391 g/mol. The summed E-state index contributed by atoms with van der Waals surface area (Å²) < 4.78 is 11.8. The van der Waals surface area contributed by atoms with Gasteiger partial charge in [0.05, 0.1) is 7.11 Å². The van der Waals surface area contributed by atoms with Crippen LogP contribution in [0.1, 0.15) is 11.1 Å².